The molecule has 0 radical (unpaired) electrons. The van der Waals surface area contributed by atoms with Crippen molar-refractivity contribution in [3.63, 3.8) is 0 Å². The lowest BCUT2D eigenvalue weighted by Gasteiger charge is -2.14. The molecule has 7 N–H and O–H groups in total. The first-order valence-corrected chi connectivity index (χ1v) is 11.3. The van der Waals surface area contributed by atoms with Crippen LogP contribution in [0.25, 0.3) is 0 Å². The molecule has 1 heterocycles. The summed E-state index contributed by atoms with van der Waals surface area (Å²) in [7, 11) is 1.65. The van der Waals surface area contributed by atoms with Gasteiger partial charge in [0.25, 0.3) is 11.8 Å². The van der Waals surface area contributed by atoms with E-state index in [1.165, 1.54) is 18.5 Å². The number of nitrogens with two attached hydrogens (primary N) is 2. The summed E-state index contributed by atoms with van der Waals surface area (Å²) in [4.78, 5) is 33.3. The quantitative estimate of drug-likeness (QED) is 0.199. The third-order valence-corrected chi connectivity index (χ3v) is 5.58. The van der Waals surface area contributed by atoms with Gasteiger partial charge in [0.05, 0.1) is 12.3 Å². The molecule has 1 aliphatic carbocycles. The van der Waals surface area contributed by atoms with Crippen molar-refractivity contribution < 1.29 is 14.0 Å². The molecule has 2 aromatic carbocycles. The molecule has 11 heteroatoms. The van der Waals surface area contributed by atoms with Gasteiger partial charge in [-0.25, -0.2) is 14.4 Å². The Kier molecular flexibility index (Phi) is 9.14. The maximum atomic E-state index is 13.4. The van der Waals surface area contributed by atoms with E-state index in [1.807, 2.05) is 18.2 Å². The summed E-state index contributed by atoms with van der Waals surface area (Å²) >= 11 is 0. The fourth-order valence-corrected chi connectivity index (χ4v) is 3.88. The monoisotopic (exact) mass is 492 g/mol. The molecular formula is C25H29FN8O2. The number of hydrazone groups is 1. The Morgan fingerprint density at radius 2 is 1.86 bits per heavy atom. The van der Waals surface area contributed by atoms with Gasteiger partial charge in [0, 0.05) is 12.6 Å². The molecule has 1 aliphatic rings. The number of fused-ring (bicyclic) bond motifs is 1. The third-order valence-electron chi connectivity index (χ3n) is 5.58. The second-order valence-corrected chi connectivity index (χ2v) is 8.14. The van der Waals surface area contributed by atoms with Crippen LogP contribution in [0.15, 0.2) is 53.9 Å². The van der Waals surface area contributed by atoms with E-state index in [9.17, 15) is 14.0 Å². The molecular weight excluding hydrogens is 463 g/mol. The van der Waals surface area contributed by atoms with Crippen molar-refractivity contribution in [2.75, 3.05) is 7.05 Å². The predicted molar refractivity (Wildman–Crippen MR) is 134 cm³/mol. The lowest BCUT2D eigenvalue weighted by Crippen LogP contribution is -2.29. The van der Waals surface area contributed by atoms with Crippen LogP contribution in [0.4, 0.5) is 4.39 Å². The van der Waals surface area contributed by atoms with E-state index >= 15 is 0 Å². The molecule has 0 fully saturated rings. The van der Waals surface area contributed by atoms with E-state index in [0.29, 0.717) is 5.56 Å². The second-order valence-electron chi connectivity index (χ2n) is 8.14. The number of carbonyl (C=O) groups excluding carboxylic acids is 2. The fraction of sp³-hybridized carbons (Fsp3) is 0.240. The van der Waals surface area contributed by atoms with Crippen LogP contribution in [0.1, 0.15) is 61.3 Å². The molecule has 0 bridgehead atoms. The van der Waals surface area contributed by atoms with Gasteiger partial charge >= 0.3 is 0 Å². The number of nitrogens with one attached hydrogen (secondary N) is 3. The van der Waals surface area contributed by atoms with Gasteiger partial charge in [-0.05, 0) is 66.8 Å². The van der Waals surface area contributed by atoms with Crippen molar-refractivity contribution >= 4 is 18.0 Å². The number of halogens is 1. The van der Waals surface area contributed by atoms with Crippen LogP contribution >= 0.6 is 0 Å². The largest absolute Gasteiger partial charge is 0.347 e. The fourth-order valence-electron chi connectivity index (χ4n) is 3.88. The van der Waals surface area contributed by atoms with Crippen LogP contribution < -0.4 is 27.7 Å². The number of hydrazine groups is 1. The first-order valence-electron chi connectivity index (χ1n) is 11.3. The van der Waals surface area contributed by atoms with Gasteiger partial charge in [-0.3, -0.25) is 20.9 Å². The lowest BCUT2D eigenvalue weighted by atomic mass is 10.0. The van der Waals surface area contributed by atoms with Gasteiger partial charge in [0.2, 0.25) is 0 Å². The van der Waals surface area contributed by atoms with Crippen molar-refractivity contribution in [1.82, 2.24) is 26.0 Å². The minimum absolute atomic E-state index is 0.0755. The molecule has 4 rings (SSSR count). The number of amides is 2. The van der Waals surface area contributed by atoms with Crippen molar-refractivity contribution in [1.29, 1.82) is 0 Å². The number of rotatable bonds is 6. The summed E-state index contributed by atoms with van der Waals surface area (Å²) in [5.41, 5.74) is 6.77. The highest BCUT2D eigenvalue weighted by Gasteiger charge is 2.25. The molecule has 1 aromatic heterocycles. The Hall–Kier alpha value is -4.22. The van der Waals surface area contributed by atoms with E-state index in [1.54, 1.807) is 32.3 Å². The van der Waals surface area contributed by atoms with Crippen molar-refractivity contribution in [3.8, 4) is 0 Å². The summed E-state index contributed by atoms with van der Waals surface area (Å²) in [6.45, 7) is 1.87. The summed E-state index contributed by atoms with van der Waals surface area (Å²) in [6.07, 6.45) is 4.36. The number of benzene rings is 2. The number of carbonyl (C=O) groups is 2. The zero-order valence-electron chi connectivity index (χ0n) is 20.1. The predicted octanol–water partition coefficient (Wildman–Crippen LogP) is 1.64. The first-order chi connectivity index (χ1) is 17.4. The highest BCUT2D eigenvalue weighted by molar-refractivity contribution is 5.97. The lowest BCUT2D eigenvalue weighted by molar-refractivity contribution is 0.0931. The van der Waals surface area contributed by atoms with E-state index in [4.69, 9.17) is 5.84 Å². The minimum atomic E-state index is -0.450. The van der Waals surface area contributed by atoms with Crippen molar-refractivity contribution in [2.45, 2.75) is 32.4 Å². The Bertz CT molecular complexity index is 1260. The van der Waals surface area contributed by atoms with Crippen LogP contribution in [-0.4, -0.2) is 35.0 Å². The maximum Gasteiger partial charge on any atom is 0.270 e. The number of hydrogen-bond acceptors (Lipinski definition) is 8. The zero-order chi connectivity index (χ0) is 26.1. The summed E-state index contributed by atoms with van der Waals surface area (Å²) in [5, 5.41) is 9.25. The van der Waals surface area contributed by atoms with Crippen molar-refractivity contribution in [2.24, 2.45) is 16.8 Å². The van der Waals surface area contributed by atoms with E-state index in [2.05, 4.69) is 37.0 Å². The molecule has 1 unspecified atom stereocenters. The summed E-state index contributed by atoms with van der Waals surface area (Å²) in [6, 6.07) is 11.7. The average Bonchev–Trinajstić information content (AvgIpc) is 3.27. The highest BCUT2D eigenvalue weighted by Crippen LogP contribution is 2.31. The van der Waals surface area contributed by atoms with Crippen LogP contribution in [-0.2, 0) is 13.0 Å². The van der Waals surface area contributed by atoms with Gasteiger partial charge in [-0.1, -0.05) is 24.3 Å². The summed E-state index contributed by atoms with van der Waals surface area (Å²) in [5.74, 6) is 8.68. The van der Waals surface area contributed by atoms with Gasteiger partial charge in [-0.2, -0.15) is 5.10 Å². The number of aryl methyl sites for hydroxylation is 2. The van der Waals surface area contributed by atoms with Crippen LogP contribution in [0, 0.1) is 12.7 Å². The molecule has 1 atom stereocenters. The van der Waals surface area contributed by atoms with Gasteiger partial charge in [-0.15, -0.1) is 0 Å². The topological polar surface area (TPSA) is 160 Å². The molecule has 0 saturated heterocycles. The maximum absolute atomic E-state index is 13.4. The summed E-state index contributed by atoms with van der Waals surface area (Å²) < 4.78 is 13.4. The molecule has 0 saturated carbocycles. The van der Waals surface area contributed by atoms with Crippen LogP contribution in [0.5, 0.6) is 0 Å². The Balaban J connectivity index is 0.00000115. The number of nitrogens with zero attached hydrogens (tertiary/aromatic N) is 3. The smallest absolute Gasteiger partial charge is 0.270 e. The standard InChI is InChI=1S/C24H23FN6O2.CH6N2/c1-14-8-15(3-6-19(14)25)11-27-23(32)21-10-22(29-13-28-21)24(33)31-20-7-4-17-9-16(12-30-26)2-5-18(17)20;1-3-2/h2-3,5-6,8-10,12-13,20H,4,7,11,26H2,1H3,(H,27,32)(H,31,33);3H,2H2,1H3/b30-12+;. The second kappa shape index (κ2) is 12.5. The molecule has 188 valence electrons. The van der Waals surface area contributed by atoms with Gasteiger partial charge < -0.3 is 16.5 Å². The molecule has 0 aliphatic heterocycles. The first kappa shape index (κ1) is 26.4. The zero-order valence-corrected chi connectivity index (χ0v) is 20.1. The SMILES string of the molecule is CNN.Cc1cc(CNC(=O)c2cc(C(=O)NC3CCc4cc(/C=N/N)ccc43)ncn2)ccc1F. The highest BCUT2D eigenvalue weighted by atomic mass is 19.1. The molecule has 3 aromatic rings. The Morgan fingerprint density at radius 1 is 1.14 bits per heavy atom. The molecule has 10 nitrogen and oxygen atoms in total. The van der Waals surface area contributed by atoms with E-state index < -0.39 is 5.91 Å². The van der Waals surface area contributed by atoms with Gasteiger partial charge in [0.15, 0.2) is 0 Å². The van der Waals surface area contributed by atoms with Crippen LogP contribution in [0.2, 0.25) is 0 Å². The normalized spacial score (nSPS) is 14.1. The molecule has 2 amide bonds. The molecule has 0 spiro atoms. The minimum Gasteiger partial charge on any atom is -0.347 e. The Labute approximate surface area is 208 Å². The number of aromatic nitrogens is 2. The van der Waals surface area contributed by atoms with Gasteiger partial charge in [0.1, 0.15) is 23.5 Å². The average molecular weight is 493 g/mol. The third kappa shape index (κ3) is 6.68. The van der Waals surface area contributed by atoms with E-state index in [-0.39, 0.29) is 35.7 Å². The number of hydrogen-bond donors (Lipinski definition) is 5. The molecule has 36 heavy (non-hydrogen) atoms. The Morgan fingerprint density at radius 3 is 2.56 bits per heavy atom. The van der Waals surface area contributed by atoms with Crippen LogP contribution in [0.3, 0.4) is 0 Å². The van der Waals surface area contributed by atoms with Crippen molar-refractivity contribution in [3.05, 3.63) is 93.8 Å². The van der Waals surface area contributed by atoms with E-state index in [0.717, 1.165) is 35.1 Å².